The second kappa shape index (κ2) is 5.26. The number of thiophene rings is 1. The van der Waals surface area contributed by atoms with E-state index in [1.807, 2.05) is 35.7 Å². The summed E-state index contributed by atoms with van der Waals surface area (Å²) in [5.74, 6) is 0.451. The summed E-state index contributed by atoms with van der Waals surface area (Å²) in [4.78, 5) is 16.4. The molecule has 1 aromatic carbocycles. The van der Waals surface area contributed by atoms with Crippen molar-refractivity contribution in [2.24, 2.45) is 0 Å². The number of anilines is 1. The van der Waals surface area contributed by atoms with Gasteiger partial charge in [-0.1, -0.05) is 18.2 Å². The van der Waals surface area contributed by atoms with Gasteiger partial charge in [0.25, 0.3) is 5.91 Å². The van der Waals surface area contributed by atoms with E-state index in [0.717, 1.165) is 13.7 Å². The molecular formula is C14H9IN2OS. The fourth-order valence-electron chi connectivity index (χ4n) is 1.79. The van der Waals surface area contributed by atoms with Gasteiger partial charge in [0, 0.05) is 25.2 Å². The molecule has 0 aliphatic rings. The lowest BCUT2D eigenvalue weighted by Crippen LogP contribution is -2.12. The summed E-state index contributed by atoms with van der Waals surface area (Å²) in [6, 6.07) is 11.6. The van der Waals surface area contributed by atoms with Crippen LogP contribution in [0.1, 0.15) is 10.4 Å². The van der Waals surface area contributed by atoms with E-state index in [2.05, 4.69) is 32.9 Å². The Bertz CT molecular complexity index is 737. The van der Waals surface area contributed by atoms with Crippen molar-refractivity contribution in [3.63, 3.8) is 0 Å². The third-order valence-corrected chi connectivity index (χ3v) is 4.30. The van der Waals surface area contributed by atoms with Crippen molar-refractivity contribution in [3.8, 4) is 0 Å². The molecule has 0 unspecified atom stereocenters. The summed E-state index contributed by atoms with van der Waals surface area (Å²) >= 11 is 3.75. The predicted molar refractivity (Wildman–Crippen MR) is 86.7 cm³/mol. The minimum absolute atomic E-state index is 0.119. The highest BCUT2D eigenvalue weighted by atomic mass is 127. The van der Waals surface area contributed by atoms with Gasteiger partial charge in [0.15, 0.2) is 0 Å². The summed E-state index contributed by atoms with van der Waals surface area (Å²) < 4.78 is 2.15. The van der Waals surface area contributed by atoms with Gasteiger partial charge in [-0.25, -0.2) is 4.98 Å². The van der Waals surface area contributed by atoms with Crippen LogP contribution < -0.4 is 5.32 Å². The molecule has 19 heavy (non-hydrogen) atoms. The zero-order valence-corrected chi connectivity index (χ0v) is 12.7. The van der Waals surface area contributed by atoms with Crippen molar-refractivity contribution in [3.05, 3.63) is 57.1 Å². The molecule has 0 spiro atoms. The number of halogens is 1. The van der Waals surface area contributed by atoms with Crippen LogP contribution in [0.15, 0.2) is 48.0 Å². The van der Waals surface area contributed by atoms with Crippen molar-refractivity contribution in [2.75, 3.05) is 5.32 Å². The maximum atomic E-state index is 12.2. The number of fused-ring (bicyclic) bond motifs is 1. The van der Waals surface area contributed by atoms with Crippen molar-refractivity contribution in [1.29, 1.82) is 0 Å². The lowest BCUT2D eigenvalue weighted by Gasteiger charge is -2.03. The van der Waals surface area contributed by atoms with Gasteiger partial charge in [-0.15, -0.1) is 11.3 Å². The van der Waals surface area contributed by atoms with E-state index in [1.54, 1.807) is 23.6 Å². The van der Waals surface area contributed by atoms with Gasteiger partial charge >= 0.3 is 0 Å². The second-order valence-corrected chi connectivity index (χ2v) is 6.12. The molecule has 1 amide bonds. The first-order chi connectivity index (χ1) is 9.24. The number of nitrogens with zero attached hydrogens (tertiary/aromatic N) is 1. The van der Waals surface area contributed by atoms with E-state index in [0.29, 0.717) is 11.4 Å². The fraction of sp³-hybridized carbons (Fsp3) is 0. The van der Waals surface area contributed by atoms with E-state index in [-0.39, 0.29) is 5.91 Å². The van der Waals surface area contributed by atoms with Gasteiger partial charge in [-0.2, -0.15) is 0 Å². The highest BCUT2D eigenvalue weighted by Crippen LogP contribution is 2.26. The molecule has 0 bridgehead atoms. The molecule has 3 rings (SSSR count). The first kappa shape index (κ1) is 12.6. The molecule has 0 radical (unpaired) electrons. The Morgan fingerprint density at radius 2 is 2.05 bits per heavy atom. The average molecular weight is 380 g/mol. The Morgan fingerprint density at radius 1 is 1.21 bits per heavy atom. The Kier molecular flexibility index (Phi) is 3.48. The van der Waals surface area contributed by atoms with Gasteiger partial charge in [0.1, 0.15) is 5.82 Å². The van der Waals surface area contributed by atoms with Crippen molar-refractivity contribution < 1.29 is 4.79 Å². The quantitative estimate of drug-likeness (QED) is 0.679. The summed E-state index contributed by atoms with van der Waals surface area (Å²) in [5, 5.41) is 5.68. The van der Waals surface area contributed by atoms with E-state index in [9.17, 15) is 4.79 Å². The molecule has 0 aliphatic heterocycles. The molecule has 3 aromatic rings. The monoisotopic (exact) mass is 380 g/mol. The van der Waals surface area contributed by atoms with Crippen LogP contribution in [0.3, 0.4) is 0 Å². The standard InChI is InChI=1S/C14H9IN2OS/c15-9-5-6-13(16-7-9)17-14(18)11-8-19-12-4-2-1-3-10(11)12/h1-8H,(H,16,17,18). The summed E-state index contributed by atoms with van der Waals surface area (Å²) in [6.45, 7) is 0. The van der Waals surface area contributed by atoms with Crippen LogP contribution in [-0.4, -0.2) is 10.9 Å². The maximum absolute atomic E-state index is 12.2. The lowest BCUT2D eigenvalue weighted by atomic mass is 10.1. The van der Waals surface area contributed by atoms with Crippen LogP contribution in [0.4, 0.5) is 5.82 Å². The van der Waals surface area contributed by atoms with Gasteiger partial charge in [-0.3, -0.25) is 4.79 Å². The van der Waals surface area contributed by atoms with Gasteiger partial charge in [-0.05, 0) is 40.8 Å². The number of benzene rings is 1. The normalized spacial score (nSPS) is 10.6. The number of amides is 1. The number of nitrogens with one attached hydrogen (secondary N) is 1. The van der Waals surface area contributed by atoms with Crippen LogP contribution >= 0.6 is 33.9 Å². The zero-order chi connectivity index (χ0) is 13.2. The van der Waals surface area contributed by atoms with Gasteiger partial charge in [0.2, 0.25) is 0 Å². The summed E-state index contributed by atoms with van der Waals surface area (Å²) in [6.07, 6.45) is 1.72. The van der Waals surface area contributed by atoms with Gasteiger partial charge in [0.05, 0.1) is 5.56 Å². The van der Waals surface area contributed by atoms with E-state index >= 15 is 0 Å². The highest BCUT2D eigenvalue weighted by molar-refractivity contribution is 14.1. The third kappa shape index (κ3) is 2.62. The van der Waals surface area contributed by atoms with E-state index in [4.69, 9.17) is 0 Å². The fourth-order valence-corrected chi connectivity index (χ4v) is 3.05. The molecule has 2 aromatic heterocycles. The van der Waals surface area contributed by atoms with Crippen LogP contribution in [0.5, 0.6) is 0 Å². The Hall–Kier alpha value is -1.47. The summed E-state index contributed by atoms with van der Waals surface area (Å²) in [5.41, 5.74) is 0.695. The number of carbonyl (C=O) groups excluding carboxylic acids is 1. The SMILES string of the molecule is O=C(Nc1ccc(I)cn1)c1csc2ccccc12. The highest BCUT2D eigenvalue weighted by Gasteiger charge is 2.12. The molecule has 3 nitrogen and oxygen atoms in total. The van der Waals surface area contributed by atoms with Crippen LogP contribution in [0, 0.1) is 3.57 Å². The van der Waals surface area contributed by atoms with Crippen LogP contribution in [0.2, 0.25) is 0 Å². The third-order valence-electron chi connectivity index (χ3n) is 2.69. The zero-order valence-electron chi connectivity index (χ0n) is 9.76. The lowest BCUT2D eigenvalue weighted by molar-refractivity contribution is 0.102. The Labute approximate surface area is 127 Å². The van der Waals surface area contributed by atoms with E-state index in [1.165, 1.54) is 0 Å². The molecule has 0 fully saturated rings. The van der Waals surface area contributed by atoms with Crippen molar-refractivity contribution >= 4 is 55.7 Å². The van der Waals surface area contributed by atoms with Crippen molar-refractivity contribution in [2.45, 2.75) is 0 Å². The molecule has 0 saturated heterocycles. The molecule has 5 heteroatoms. The van der Waals surface area contributed by atoms with Gasteiger partial charge < -0.3 is 5.32 Å². The first-order valence-corrected chi connectivity index (χ1v) is 7.59. The minimum atomic E-state index is -0.119. The number of rotatable bonds is 2. The number of aromatic nitrogens is 1. The number of carbonyl (C=O) groups is 1. The maximum Gasteiger partial charge on any atom is 0.258 e. The van der Waals surface area contributed by atoms with Crippen LogP contribution in [-0.2, 0) is 0 Å². The molecule has 0 saturated carbocycles. The number of hydrogen-bond acceptors (Lipinski definition) is 3. The molecule has 2 heterocycles. The Balaban J connectivity index is 1.90. The van der Waals surface area contributed by atoms with Crippen LogP contribution in [0.25, 0.3) is 10.1 Å². The number of pyridine rings is 1. The molecule has 1 N–H and O–H groups in total. The first-order valence-electron chi connectivity index (χ1n) is 5.63. The predicted octanol–water partition coefficient (Wildman–Crippen LogP) is 4.15. The second-order valence-electron chi connectivity index (χ2n) is 3.96. The largest absolute Gasteiger partial charge is 0.307 e. The number of hydrogen-bond donors (Lipinski definition) is 1. The molecule has 0 aliphatic carbocycles. The minimum Gasteiger partial charge on any atom is -0.307 e. The molecular weight excluding hydrogens is 371 g/mol. The van der Waals surface area contributed by atoms with E-state index < -0.39 is 0 Å². The summed E-state index contributed by atoms with van der Waals surface area (Å²) in [7, 11) is 0. The average Bonchev–Trinajstić information content (AvgIpc) is 2.85. The van der Waals surface area contributed by atoms with Crippen molar-refractivity contribution in [1.82, 2.24) is 4.98 Å². The smallest absolute Gasteiger partial charge is 0.258 e. The molecule has 94 valence electrons. The molecule has 0 atom stereocenters. The Morgan fingerprint density at radius 3 is 2.84 bits per heavy atom. The topological polar surface area (TPSA) is 42.0 Å².